The van der Waals surface area contributed by atoms with Gasteiger partial charge in [0.05, 0.1) is 0 Å². The molecule has 0 aliphatic carbocycles. The minimum absolute atomic E-state index is 0. The molecule has 35 heavy (non-hydrogen) atoms. The van der Waals surface area contributed by atoms with Crippen molar-refractivity contribution in [3.8, 4) is 11.5 Å². The van der Waals surface area contributed by atoms with Crippen LogP contribution in [-0.4, -0.2) is 23.9 Å². The molecule has 0 unspecified atom stereocenters. The smallest absolute Gasteiger partial charge is 0.510 e. The van der Waals surface area contributed by atoms with E-state index in [9.17, 15) is 0 Å². The molecule has 0 fully saturated rings. The Morgan fingerprint density at radius 3 is 2.09 bits per heavy atom. The quantitative estimate of drug-likeness (QED) is 0.303. The molecule has 0 radical (unpaired) electrons. The normalized spacial score (nSPS) is 16.8. The van der Waals surface area contributed by atoms with Gasteiger partial charge in [0.2, 0.25) is 0 Å². The van der Waals surface area contributed by atoms with E-state index in [1.807, 2.05) is 66.2 Å². The third-order valence-corrected chi connectivity index (χ3v) is 6.64. The first-order valence-electron chi connectivity index (χ1n) is 11.5. The Hall–Kier alpha value is -2.75. The number of anilines is 3. The van der Waals surface area contributed by atoms with Gasteiger partial charge >= 0.3 is 21.1 Å². The van der Waals surface area contributed by atoms with E-state index in [1.54, 1.807) is 0 Å². The van der Waals surface area contributed by atoms with Crippen molar-refractivity contribution in [1.29, 1.82) is 0 Å². The second kappa shape index (κ2) is 9.72. The third kappa shape index (κ3) is 4.72. The van der Waals surface area contributed by atoms with Crippen LogP contribution < -0.4 is 14.5 Å². The first kappa shape index (κ1) is 25.3. The fourth-order valence-corrected chi connectivity index (χ4v) is 4.61. The molecule has 0 bridgehead atoms. The molecular formula is C29H30N4OPt. The summed E-state index contributed by atoms with van der Waals surface area (Å²) in [4.78, 5) is 8.48. The molecule has 182 valence electrons. The molecular weight excluding hydrogens is 615 g/mol. The van der Waals surface area contributed by atoms with Crippen LogP contribution in [0.25, 0.3) is 0 Å². The summed E-state index contributed by atoms with van der Waals surface area (Å²) in [6.45, 7) is 13.0. The average molecular weight is 646 g/mol. The molecule has 0 saturated carbocycles. The molecule has 6 heteroatoms. The average Bonchev–Trinajstić information content (AvgIpc) is 3.25. The molecule has 5 rings (SSSR count). The van der Waals surface area contributed by atoms with Gasteiger partial charge in [-0.15, -0.1) is 47.8 Å². The summed E-state index contributed by atoms with van der Waals surface area (Å²) in [6, 6.07) is 23.1. The maximum Gasteiger partial charge on any atom is 4.00 e. The minimum atomic E-state index is -0.111. The number of hydrogen-bond acceptors (Lipinski definition) is 5. The Labute approximate surface area is 223 Å². The van der Waals surface area contributed by atoms with Crippen LogP contribution in [-0.2, 0) is 26.6 Å². The second-order valence-corrected chi connectivity index (χ2v) is 9.47. The van der Waals surface area contributed by atoms with Crippen molar-refractivity contribution >= 4 is 17.1 Å². The Kier molecular flexibility index (Phi) is 7.04. The predicted molar refractivity (Wildman–Crippen MR) is 137 cm³/mol. The van der Waals surface area contributed by atoms with E-state index in [-0.39, 0.29) is 26.6 Å². The van der Waals surface area contributed by atoms with E-state index in [1.165, 1.54) is 22.4 Å². The van der Waals surface area contributed by atoms with Crippen LogP contribution >= 0.6 is 0 Å². The van der Waals surface area contributed by atoms with Gasteiger partial charge in [-0.2, -0.15) is 25.5 Å². The Morgan fingerprint density at radius 1 is 0.800 bits per heavy atom. The third-order valence-electron chi connectivity index (χ3n) is 6.64. The molecule has 0 spiro atoms. The number of nitrogens with zero attached hydrogens (tertiary/aromatic N) is 4. The Morgan fingerprint density at radius 2 is 1.43 bits per heavy atom. The zero-order valence-corrected chi connectivity index (χ0v) is 23.2. The number of ether oxygens (including phenoxy) is 1. The van der Waals surface area contributed by atoms with E-state index in [4.69, 9.17) is 4.74 Å². The number of aryl methyl sites for hydroxylation is 2. The summed E-state index contributed by atoms with van der Waals surface area (Å²) in [5, 5.41) is 0. The number of rotatable bonds is 4. The van der Waals surface area contributed by atoms with Gasteiger partial charge in [0.15, 0.2) is 0 Å². The van der Waals surface area contributed by atoms with E-state index < -0.39 is 0 Å². The molecule has 2 aliphatic rings. The minimum Gasteiger partial charge on any atom is -0.510 e. The second-order valence-electron chi connectivity index (χ2n) is 9.47. The van der Waals surface area contributed by atoms with Crippen LogP contribution in [0.3, 0.4) is 0 Å². The molecule has 3 aromatic carbocycles. The van der Waals surface area contributed by atoms with Gasteiger partial charge in [-0.3, -0.25) is 0 Å². The fourth-order valence-electron chi connectivity index (χ4n) is 4.61. The van der Waals surface area contributed by atoms with Crippen molar-refractivity contribution in [2.24, 2.45) is 0 Å². The van der Waals surface area contributed by atoms with Crippen molar-refractivity contribution in [2.75, 3.05) is 23.9 Å². The summed E-state index contributed by atoms with van der Waals surface area (Å²) >= 11 is 0. The molecule has 2 heterocycles. The molecule has 3 aromatic rings. The number of benzene rings is 3. The maximum atomic E-state index is 6.20. The van der Waals surface area contributed by atoms with E-state index in [0.717, 1.165) is 11.4 Å². The molecule has 5 nitrogen and oxygen atoms in total. The molecule has 0 aromatic heterocycles. The van der Waals surface area contributed by atoms with Gasteiger partial charge in [-0.05, 0) is 70.9 Å². The summed E-state index contributed by atoms with van der Waals surface area (Å²) in [6.07, 6.45) is 3.99. The van der Waals surface area contributed by atoms with Crippen molar-refractivity contribution in [3.63, 3.8) is 0 Å². The number of fused-ring (bicyclic) bond motifs is 1. The van der Waals surface area contributed by atoms with Crippen LogP contribution in [0, 0.1) is 39.3 Å². The SMILES string of the molecule is Cc1ccc(C)c2c1N(c1[c-]c(Oc3[c-]c(N4C=CN(C)[CH-]4)ccc3)ccc1)[CH-]N(C)C2(C)C.[Pt+4]. The van der Waals surface area contributed by atoms with E-state index >= 15 is 0 Å². The first-order valence-corrected chi connectivity index (χ1v) is 11.5. The Balaban J connectivity index is 0.00000289. The fraction of sp³-hybridized carbons (Fsp3) is 0.241. The van der Waals surface area contributed by atoms with Crippen molar-refractivity contribution in [1.82, 2.24) is 9.80 Å². The standard InChI is InChI=1S/C29H30N4O.Pt/c1-21-13-14-22(2)28-27(21)29(3,4)31(6)20-33(28)24-10-8-12-26(18-24)34-25-11-7-9-23(17-25)32-16-15-30(5)19-32;/h7-16,19-20H,1-6H3;/q-4;+4. The molecule has 0 saturated heterocycles. The van der Waals surface area contributed by atoms with Gasteiger partial charge in [-0.1, -0.05) is 12.1 Å². The van der Waals surface area contributed by atoms with Crippen molar-refractivity contribution in [3.05, 3.63) is 103 Å². The Bertz CT molecular complexity index is 1260. The van der Waals surface area contributed by atoms with Crippen molar-refractivity contribution < 1.29 is 25.8 Å². The van der Waals surface area contributed by atoms with Gasteiger partial charge in [0, 0.05) is 22.7 Å². The van der Waals surface area contributed by atoms with Gasteiger partial charge in [0.25, 0.3) is 0 Å². The maximum absolute atomic E-state index is 6.20. The first-order chi connectivity index (χ1) is 16.2. The monoisotopic (exact) mass is 645 g/mol. The van der Waals surface area contributed by atoms with Crippen LogP contribution in [0.1, 0.15) is 30.5 Å². The summed E-state index contributed by atoms with van der Waals surface area (Å²) in [5.74, 6) is 1.30. The largest absolute Gasteiger partial charge is 4.00 e. The zero-order valence-electron chi connectivity index (χ0n) is 20.9. The van der Waals surface area contributed by atoms with Crippen LogP contribution in [0.15, 0.2) is 60.9 Å². The molecule has 0 N–H and O–H groups in total. The zero-order chi connectivity index (χ0) is 24.0. The van der Waals surface area contributed by atoms with Crippen molar-refractivity contribution in [2.45, 2.75) is 33.2 Å². The van der Waals surface area contributed by atoms with E-state index in [2.05, 4.69) is 81.5 Å². The molecule has 0 atom stereocenters. The summed E-state index contributed by atoms with van der Waals surface area (Å²) < 4.78 is 6.20. The summed E-state index contributed by atoms with van der Waals surface area (Å²) in [5.41, 5.74) is 6.81. The van der Waals surface area contributed by atoms with Gasteiger partial charge in [-0.25, -0.2) is 0 Å². The predicted octanol–water partition coefficient (Wildman–Crippen LogP) is 6.47. The van der Waals surface area contributed by atoms with Gasteiger partial charge in [0.1, 0.15) is 0 Å². The van der Waals surface area contributed by atoms with Crippen LogP contribution in [0.4, 0.5) is 17.1 Å². The molecule has 0 amide bonds. The van der Waals surface area contributed by atoms with Crippen LogP contribution in [0.2, 0.25) is 0 Å². The van der Waals surface area contributed by atoms with Crippen LogP contribution in [0.5, 0.6) is 11.5 Å². The molecule has 2 aliphatic heterocycles. The summed E-state index contributed by atoms with van der Waals surface area (Å²) in [7, 11) is 4.12. The number of hydrogen-bond donors (Lipinski definition) is 0. The topological polar surface area (TPSA) is 22.2 Å². The van der Waals surface area contributed by atoms with Gasteiger partial charge < -0.3 is 24.3 Å². The van der Waals surface area contributed by atoms with E-state index in [0.29, 0.717) is 11.5 Å².